The summed E-state index contributed by atoms with van der Waals surface area (Å²) in [7, 11) is 0. The second kappa shape index (κ2) is 3.96. The van der Waals surface area contributed by atoms with Gasteiger partial charge in [0.15, 0.2) is 0 Å². The van der Waals surface area contributed by atoms with Crippen molar-refractivity contribution in [1.82, 2.24) is 5.32 Å². The predicted molar refractivity (Wildman–Crippen MR) is 44.9 cm³/mol. The minimum absolute atomic E-state index is 0.933. The zero-order chi connectivity index (χ0) is 8.10. The maximum atomic E-state index is 10.5. The van der Waals surface area contributed by atoms with Crippen LogP contribution < -0.4 is 5.32 Å². The van der Waals surface area contributed by atoms with Gasteiger partial charge in [0, 0.05) is 11.3 Å². The molecule has 1 N–H and O–H groups in total. The third-order valence-corrected chi connectivity index (χ3v) is 1.83. The Morgan fingerprint density at radius 2 is 2.27 bits per heavy atom. The van der Waals surface area contributed by atoms with Crippen LogP contribution in [0.2, 0.25) is 0 Å². The van der Waals surface area contributed by atoms with E-state index >= 15 is 0 Å². The van der Waals surface area contributed by atoms with Gasteiger partial charge in [-0.05, 0) is 32.4 Å². The fourth-order valence-corrected chi connectivity index (χ4v) is 1.25. The molecule has 1 aliphatic rings. The summed E-state index contributed by atoms with van der Waals surface area (Å²) in [6, 6.07) is 0. The van der Waals surface area contributed by atoms with Gasteiger partial charge in [0.2, 0.25) is 0 Å². The molecule has 11 heavy (non-hydrogen) atoms. The van der Waals surface area contributed by atoms with Crippen LogP contribution >= 0.6 is 0 Å². The topological polar surface area (TPSA) is 29.1 Å². The van der Waals surface area contributed by atoms with Gasteiger partial charge in [0.05, 0.1) is 0 Å². The highest BCUT2D eigenvalue weighted by Crippen LogP contribution is 2.21. The molecule has 0 aromatic carbocycles. The van der Waals surface area contributed by atoms with Crippen LogP contribution in [0.15, 0.2) is 23.5 Å². The Kier molecular flexibility index (Phi) is 2.90. The lowest BCUT2D eigenvalue weighted by Gasteiger charge is -2.00. The van der Waals surface area contributed by atoms with Crippen molar-refractivity contribution in [3.63, 3.8) is 0 Å². The van der Waals surface area contributed by atoms with Gasteiger partial charge in [-0.1, -0.05) is 6.08 Å². The van der Waals surface area contributed by atoms with Crippen LogP contribution in [0.5, 0.6) is 0 Å². The highest BCUT2D eigenvalue weighted by molar-refractivity contribution is 5.75. The first-order chi connectivity index (χ1) is 5.38. The SMILES string of the molecule is C/C=C\NC1=C(C=O)CCC1. The summed E-state index contributed by atoms with van der Waals surface area (Å²) in [6.45, 7) is 1.95. The maximum Gasteiger partial charge on any atom is 0.147 e. The van der Waals surface area contributed by atoms with Crippen molar-refractivity contribution in [1.29, 1.82) is 0 Å². The summed E-state index contributed by atoms with van der Waals surface area (Å²) in [5.41, 5.74) is 2.03. The average Bonchev–Trinajstić information content (AvgIpc) is 2.47. The van der Waals surface area contributed by atoms with Gasteiger partial charge in [-0.2, -0.15) is 0 Å². The van der Waals surface area contributed by atoms with Gasteiger partial charge >= 0.3 is 0 Å². The Labute approximate surface area is 67.0 Å². The van der Waals surface area contributed by atoms with Crippen molar-refractivity contribution >= 4 is 6.29 Å². The van der Waals surface area contributed by atoms with E-state index in [1.165, 1.54) is 0 Å². The van der Waals surface area contributed by atoms with Gasteiger partial charge in [-0.15, -0.1) is 0 Å². The Morgan fingerprint density at radius 1 is 1.45 bits per heavy atom. The third kappa shape index (κ3) is 1.93. The second-order valence-corrected chi connectivity index (χ2v) is 2.62. The molecule has 60 valence electrons. The first-order valence-electron chi connectivity index (χ1n) is 3.93. The monoisotopic (exact) mass is 151 g/mol. The van der Waals surface area contributed by atoms with Crippen molar-refractivity contribution in [2.24, 2.45) is 0 Å². The molecule has 0 bridgehead atoms. The minimum atomic E-state index is 0.933. The molecule has 1 aliphatic carbocycles. The van der Waals surface area contributed by atoms with E-state index in [0.717, 1.165) is 36.8 Å². The molecule has 0 fully saturated rings. The lowest BCUT2D eigenvalue weighted by Crippen LogP contribution is -2.04. The van der Waals surface area contributed by atoms with Crippen LogP contribution in [0.4, 0.5) is 0 Å². The number of rotatable bonds is 3. The highest BCUT2D eigenvalue weighted by atomic mass is 16.1. The fourth-order valence-electron chi connectivity index (χ4n) is 1.25. The number of hydrogen-bond donors (Lipinski definition) is 1. The largest absolute Gasteiger partial charge is 0.365 e. The number of carbonyl (C=O) groups excluding carboxylic acids is 1. The molecule has 0 heterocycles. The molecule has 0 saturated heterocycles. The van der Waals surface area contributed by atoms with Gasteiger partial charge < -0.3 is 5.32 Å². The summed E-state index contributed by atoms with van der Waals surface area (Å²) in [4.78, 5) is 10.5. The van der Waals surface area contributed by atoms with Crippen molar-refractivity contribution in [3.05, 3.63) is 23.5 Å². The molecule has 0 radical (unpaired) electrons. The molecule has 0 atom stereocenters. The van der Waals surface area contributed by atoms with Crippen molar-refractivity contribution in [3.8, 4) is 0 Å². The Morgan fingerprint density at radius 3 is 2.91 bits per heavy atom. The number of hydrogen-bond acceptors (Lipinski definition) is 2. The molecular weight excluding hydrogens is 138 g/mol. The predicted octanol–water partition coefficient (Wildman–Crippen LogP) is 1.75. The Hall–Kier alpha value is -1.05. The molecule has 0 aliphatic heterocycles. The van der Waals surface area contributed by atoms with E-state index in [-0.39, 0.29) is 0 Å². The van der Waals surface area contributed by atoms with Crippen LogP contribution in [0, 0.1) is 0 Å². The van der Waals surface area contributed by atoms with E-state index in [1.807, 2.05) is 19.2 Å². The molecule has 0 amide bonds. The van der Waals surface area contributed by atoms with E-state index in [4.69, 9.17) is 0 Å². The molecule has 0 aromatic rings. The zero-order valence-electron chi connectivity index (χ0n) is 6.76. The number of aldehydes is 1. The number of carbonyl (C=O) groups is 1. The zero-order valence-corrected chi connectivity index (χ0v) is 6.76. The lowest BCUT2D eigenvalue weighted by atomic mass is 10.2. The molecule has 0 saturated carbocycles. The Balaban J connectivity index is 2.59. The van der Waals surface area contributed by atoms with E-state index in [2.05, 4.69) is 5.32 Å². The molecule has 0 unspecified atom stereocenters. The summed E-state index contributed by atoms with van der Waals surface area (Å²) in [5, 5.41) is 3.10. The first-order valence-corrected chi connectivity index (χ1v) is 3.93. The molecule has 1 rings (SSSR count). The van der Waals surface area contributed by atoms with E-state index in [1.54, 1.807) is 0 Å². The van der Waals surface area contributed by atoms with Crippen LogP contribution in [-0.2, 0) is 4.79 Å². The third-order valence-electron chi connectivity index (χ3n) is 1.83. The summed E-state index contributed by atoms with van der Waals surface area (Å²) in [5.74, 6) is 0. The summed E-state index contributed by atoms with van der Waals surface area (Å²) in [6.07, 6.45) is 7.80. The van der Waals surface area contributed by atoms with E-state index in [9.17, 15) is 4.79 Å². The van der Waals surface area contributed by atoms with Crippen molar-refractivity contribution in [2.75, 3.05) is 0 Å². The summed E-state index contributed by atoms with van der Waals surface area (Å²) >= 11 is 0. The minimum Gasteiger partial charge on any atom is -0.365 e. The summed E-state index contributed by atoms with van der Waals surface area (Å²) < 4.78 is 0. The standard InChI is InChI=1S/C9H13NO/c1-2-6-10-9-5-3-4-8(9)7-11/h2,6-7,10H,3-5H2,1H3/b6-2-. The second-order valence-electron chi connectivity index (χ2n) is 2.62. The van der Waals surface area contributed by atoms with Crippen molar-refractivity contribution < 1.29 is 4.79 Å². The Bertz CT molecular complexity index is 204. The van der Waals surface area contributed by atoms with Crippen LogP contribution in [-0.4, -0.2) is 6.29 Å². The van der Waals surface area contributed by atoms with Crippen LogP contribution in [0.1, 0.15) is 26.2 Å². The van der Waals surface area contributed by atoms with Gasteiger partial charge in [0.1, 0.15) is 6.29 Å². The smallest absolute Gasteiger partial charge is 0.147 e. The first kappa shape index (κ1) is 8.05. The highest BCUT2D eigenvalue weighted by Gasteiger charge is 2.11. The molecule has 2 nitrogen and oxygen atoms in total. The number of allylic oxidation sites excluding steroid dienone is 3. The van der Waals surface area contributed by atoms with Gasteiger partial charge in [-0.3, -0.25) is 4.79 Å². The van der Waals surface area contributed by atoms with E-state index < -0.39 is 0 Å². The average molecular weight is 151 g/mol. The van der Waals surface area contributed by atoms with Crippen LogP contribution in [0.3, 0.4) is 0 Å². The van der Waals surface area contributed by atoms with Crippen molar-refractivity contribution in [2.45, 2.75) is 26.2 Å². The van der Waals surface area contributed by atoms with Gasteiger partial charge in [0.25, 0.3) is 0 Å². The number of nitrogens with one attached hydrogen (secondary N) is 1. The quantitative estimate of drug-likeness (QED) is 0.622. The fraction of sp³-hybridized carbons (Fsp3) is 0.444. The molecular formula is C9H13NO. The molecule has 0 spiro atoms. The lowest BCUT2D eigenvalue weighted by molar-refractivity contribution is -0.105. The van der Waals surface area contributed by atoms with Crippen LogP contribution in [0.25, 0.3) is 0 Å². The van der Waals surface area contributed by atoms with Gasteiger partial charge in [-0.25, -0.2) is 0 Å². The normalized spacial score (nSPS) is 17.9. The molecule has 0 aromatic heterocycles. The maximum absolute atomic E-state index is 10.5. The van der Waals surface area contributed by atoms with E-state index in [0.29, 0.717) is 0 Å². The molecule has 2 heteroatoms.